The Balaban J connectivity index is 1.60. The maximum atomic E-state index is 3.41. The SMILES string of the molecule is CCCCN(CCCC)c1ccc(C=Cc2ccc(N3CCNCC3)cc2)cc1. The second-order valence-electron chi connectivity index (χ2n) is 7.95. The van der Waals surface area contributed by atoms with Crippen molar-refractivity contribution in [3.63, 3.8) is 0 Å². The van der Waals surface area contributed by atoms with E-state index in [1.54, 1.807) is 0 Å². The summed E-state index contributed by atoms with van der Waals surface area (Å²) in [6.07, 6.45) is 9.44. The van der Waals surface area contributed by atoms with Gasteiger partial charge in [-0.25, -0.2) is 0 Å². The first-order chi connectivity index (χ1) is 14.3. The average molecular weight is 392 g/mol. The second kappa shape index (κ2) is 11.7. The van der Waals surface area contributed by atoms with Gasteiger partial charge in [-0.1, -0.05) is 63.1 Å². The van der Waals surface area contributed by atoms with Crippen LogP contribution in [0.1, 0.15) is 50.7 Å². The van der Waals surface area contributed by atoms with Crippen LogP contribution in [0.3, 0.4) is 0 Å². The standard InChI is InChI=1S/C26H37N3/c1-3-5-19-28(20-6-4-2)25-13-9-23(10-14-25)7-8-24-11-15-26(16-12-24)29-21-17-27-18-22-29/h7-16,27H,3-6,17-22H2,1-2H3. The lowest BCUT2D eigenvalue weighted by molar-refractivity contribution is 0.589. The third-order valence-corrected chi connectivity index (χ3v) is 5.66. The van der Waals surface area contributed by atoms with E-state index < -0.39 is 0 Å². The Bertz CT molecular complexity index is 720. The van der Waals surface area contributed by atoms with Crippen molar-refractivity contribution in [3.8, 4) is 0 Å². The number of unbranched alkanes of at least 4 members (excludes halogenated alkanes) is 2. The minimum atomic E-state index is 1.08. The lowest BCUT2D eigenvalue weighted by Gasteiger charge is -2.29. The highest BCUT2D eigenvalue weighted by Crippen LogP contribution is 2.20. The van der Waals surface area contributed by atoms with Crippen LogP contribution in [0.5, 0.6) is 0 Å². The third-order valence-electron chi connectivity index (χ3n) is 5.66. The van der Waals surface area contributed by atoms with Crippen LogP contribution >= 0.6 is 0 Å². The molecule has 1 heterocycles. The number of piperazine rings is 1. The van der Waals surface area contributed by atoms with E-state index in [4.69, 9.17) is 0 Å². The van der Waals surface area contributed by atoms with Crippen LogP contribution in [0.2, 0.25) is 0 Å². The molecule has 1 aliphatic heterocycles. The summed E-state index contributed by atoms with van der Waals surface area (Å²) in [5, 5.41) is 3.41. The zero-order valence-corrected chi connectivity index (χ0v) is 18.2. The Kier molecular flexibility index (Phi) is 8.63. The molecule has 0 aromatic heterocycles. The Morgan fingerprint density at radius 1 is 0.793 bits per heavy atom. The van der Waals surface area contributed by atoms with E-state index in [2.05, 4.69) is 89.6 Å². The fourth-order valence-electron chi connectivity index (χ4n) is 3.78. The third kappa shape index (κ3) is 6.64. The molecule has 3 rings (SSSR count). The van der Waals surface area contributed by atoms with Gasteiger partial charge in [0.2, 0.25) is 0 Å². The first-order valence-electron chi connectivity index (χ1n) is 11.4. The van der Waals surface area contributed by atoms with Crippen molar-refractivity contribution in [2.75, 3.05) is 49.1 Å². The van der Waals surface area contributed by atoms with Crippen LogP contribution in [0.15, 0.2) is 48.5 Å². The highest BCUT2D eigenvalue weighted by atomic mass is 15.2. The summed E-state index contributed by atoms with van der Waals surface area (Å²) >= 11 is 0. The predicted molar refractivity (Wildman–Crippen MR) is 129 cm³/mol. The highest BCUT2D eigenvalue weighted by Gasteiger charge is 2.09. The van der Waals surface area contributed by atoms with Crippen LogP contribution in [-0.4, -0.2) is 39.3 Å². The van der Waals surface area contributed by atoms with Crippen molar-refractivity contribution in [1.82, 2.24) is 5.32 Å². The summed E-state index contributed by atoms with van der Waals surface area (Å²) in [7, 11) is 0. The van der Waals surface area contributed by atoms with Crippen molar-refractivity contribution in [2.45, 2.75) is 39.5 Å². The number of anilines is 2. The first-order valence-corrected chi connectivity index (χ1v) is 11.4. The molecule has 1 aliphatic rings. The lowest BCUT2D eigenvalue weighted by Crippen LogP contribution is -2.43. The zero-order chi connectivity index (χ0) is 20.3. The minimum Gasteiger partial charge on any atom is -0.372 e. The van der Waals surface area contributed by atoms with Gasteiger partial charge in [0.1, 0.15) is 0 Å². The summed E-state index contributed by atoms with van der Waals surface area (Å²) in [6.45, 7) is 11.2. The first kappa shape index (κ1) is 21.4. The molecule has 0 spiro atoms. The predicted octanol–water partition coefficient (Wildman–Crippen LogP) is 5.67. The summed E-state index contributed by atoms with van der Waals surface area (Å²) in [5.74, 6) is 0. The van der Waals surface area contributed by atoms with Gasteiger partial charge in [0, 0.05) is 50.6 Å². The molecule has 0 amide bonds. The average Bonchev–Trinajstić information content (AvgIpc) is 2.79. The topological polar surface area (TPSA) is 18.5 Å². The quantitative estimate of drug-likeness (QED) is 0.526. The molecule has 1 fully saturated rings. The van der Waals surface area contributed by atoms with Crippen molar-refractivity contribution >= 4 is 23.5 Å². The normalized spacial score (nSPS) is 14.5. The number of benzene rings is 2. The fourth-order valence-corrected chi connectivity index (χ4v) is 3.78. The van der Waals surface area contributed by atoms with Crippen LogP contribution in [-0.2, 0) is 0 Å². The molecular formula is C26H37N3. The molecule has 0 unspecified atom stereocenters. The molecule has 2 aromatic carbocycles. The monoisotopic (exact) mass is 391 g/mol. The van der Waals surface area contributed by atoms with E-state index in [-0.39, 0.29) is 0 Å². The number of hydrogen-bond donors (Lipinski definition) is 1. The molecule has 1 N–H and O–H groups in total. The van der Waals surface area contributed by atoms with Gasteiger partial charge in [-0.05, 0) is 48.2 Å². The Morgan fingerprint density at radius 3 is 1.83 bits per heavy atom. The van der Waals surface area contributed by atoms with Gasteiger partial charge in [0.05, 0.1) is 0 Å². The van der Waals surface area contributed by atoms with Crippen molar-refractivity contribution < 1.29 is 0 Å². The van der Waals surface area contributed by atoms with Gasteiger partial charge in [0.25, 0.3) is 0 Å². The van der Waals surface area contributed by atoms with Crippen molar-refractivity contribution in [3.05, 3.63) is 59.7 Å². The van der Waals surface area contributed by atoms with Gasteiger partial charge < -0.3 is 15.1 Å². The van der Waals surface area contributed by atoms with Crippen LogP contribution in [0.25, 0.3) is 12.2 Å². The molecular weight excluding hydrogens is 354 g/mol. The molecule has 0 atom stereocenters. The number of nitrogens with one attached hydrogen (secondary N) is 1. The van der Waals surface area contributed by atoms with E-state index in [1.807, 2.05) is 0 Å². The number of rotatable bonds is 10. The summed E-state index contributed by atoms with van der Waals surface area (Å²) in [6, 6.07) is 18.0. The zero-order valence-electron chi connectivity index (χ0n) is 18.2. The van der Waals surface area contributed by atoms with E-state index in [9.17, 15) is 0 Å². The van der Waals surface area contributed by atoms with E-state index in [1.165, 1.54) is 48.2 Å². The Hall–Kier alpha value is -2.26. The minimum absolute atomic E-state index is 1.08. The summed E-state index contributed by atoms with van der Waals surface area (Å²) < 4.78 is 0. The largest absolute Gasteiger partial charge is 0.372 e. The van der Waals surface area contributed by atoms with E-state index >= 15 is 0 Å². The number of nitrogens with zero attached hydrogens (tertiary/aromatic N) is 2. The number of hydrogen-bond acceptors (Lipinski definition) is 3. The Morgan fingerprint density at radius 2 is 1.31 bits per heavy atom. The maximum Gasteiger partial charge on any atom is 0.0367 e. The highest BCUT2D eigenvalue weighted by molar-refractivity contribution is 5.71. The van der Waals surface area contributed by atoms with Gasteiger partial charge in [-0.3, -0.25) is 0 Å². The van der Waals surface area contributed by atoms with Gasteiger partial charge in [-0.15, -0.1) is 0 Å². The Labute approximate surface area is 177 Å². The molecule has 156 valence electrons. The second-order valence-corrected chi connectivity index (χ2v) is 7.95. The maximum absolute atomic E-state index is 3.41. The summed E-state index contributed by atoms with van der Waals surface area (Å²) in [4.78, 5) is 4.99. The van der Waals surface area contributed by atoms with Crippen LogP contribution < -0.4 is 15.1 Å². The van der Waals surface area contributed by atoms with Crippen molar-refractivity contribution in [1.29, 1.82) is 0 Å². The van der Waals surface area contributed by atoms with Gasteiger partial charge >= 0.3 is 0 Å². The molecule has 0 saturated carbocycles. The molecule has 1 saturated heterocycles. The molecule has 3 nitrogen and oxygen atoms in total. The molecule has 0 radical (unpaired) electrons. The van der Waals surface area contributed by atoms with Crippen LogP contribution in [0.4, 0.5) is 11.4 Å². The van der Waals surface area contributed by atoms with Gasteiger partial charge in [0.15, 0.2) is 0 Å². The van der Waals surface area contributed by atoms with Crippen molar-refractivity contribution in [2.24, 2.45) is 0 Å². The van der Waals surface area contributed by atoms with E-state index in [0.29, 0.717) is 0 Å². The lowest BCUT2D eigenvalue weighted by atomic mass is 10.1. The molecule has 3 heteroatoms. The molecule has 0 bridgehead atoms. The summed E-state index contributed by atoms with van der Waals surface area (Å²) in [5.41, 5.74) is 5.18. The smallest absolute Gasteiger partial charge is 0.0367 e. The van der Waals surface area contributed by atoms with Gasteiger partial charge in [-0.2, -0.15) is 0 Å². The van der Waals surface area contributed by atoms with Crippen LogP contribution in [0, 0.1) is 0 Å². The molecule has 0 aliphatic carbocycles. The van der Waals surface area contributed by atoms with E-state index in [0.717, 1.165) is 39.3 Å². The fraction of sp³-hybridized carbons (Fsp3) is 0.462. The molecule has 2 aromatic rings. The molecule has 29 heavy (non-hydrogen) atoms.